The van der Waals surface area contributed by atoms with Gasteiger partial charge in [0.1, 0.15) is 11.3 Å². The van der Waals surface area contributed by atoms with E-state index >= 15 is 0 Å². The van der Waals surface area contributed by atoms with E-state index in [0.29, 0.717) is 16.6 Å². The van der Waals surface area contributed by atoms with Crippen molar-refractivity contribution in [1.29, 1.82) is 0 Å². The highest BCUT2D eigenvalue weighted by atomic mass is 19.1. The number of nitrogens with one attached hydrogen (secondary N) is 1. The highest BCUT2D eigenvalue weighted by Gasteiger charge is 2.05. The molecule has 0 unspecified atom stereocenters. The van der Waals surface area contributed by atoms with Gasteiger partial charge in [-0.3, -0.25) is 4.79 Å². The molecule has 1 aromatic carbocycles. The Morgan fingerprint density at radius 3 is 3.00 bits per heavy atom. The molecule has 0 atom stereocenters. The van der Waals surface area contributed by atoms with E-state index in [1.807, 2.05) is 0 Å². The average molecular weight is 203 g/mol. The van der Waals surface area contributed by atoms with E-state index < -0.39 is 0 Å². The van der Waals surface area contributed by atoms with Gasteiger partial charge >= 0.3 is 0 Å². The fourth-order valence-electron chi connectivity index (χ4n) is 1.64. The van der Waals surface area contributed by atoms with Crippen molar-refractivity contribution >= 4 is 16.6 Å². The summed E-state index contributed by atoms with van der Waals surface area (Å²) in [5.74, 6) is -0.355. The summed E-state index contributed by atoms with van der Waals surface area (Å²) in [4.78, 5) is 14.2. The third-order valence-electron chi connectivity index (χ3n) is 2.31. The summed E-state index contributed by atoms with van der Waals surface area (Å²) in [5.41, 5.74) is 1.30. The van der Waals surface area contributed by atoms with Crippen LogP contribution in [-0.2, 0) is 0 Å². The van der Waals surface area contributed by atoms with Gasteiger partial charge in [0, 0.05) is 6.07 Å². The summed E-state index contributed by atoms with van der Waals surface area (Å²) in [7, 11) is 0. The van der Waals surface area contributed by atoms with Gasteiger partial charge in [0.05, 0.1) is 17.2 Å². The van der Waals surface area contributed by atoms with E-state index in [4.69, 9.17) is 0 Å². The molecule has 0 aliphatic rings. The van der Waals surface area contributed by atoms with Crippen LogP contribution in [0.15, 0.2) is 35.3 Å². The molecule has 2 aromatic heterocycles. The molecule has 4 nitrogen and oxygen atoms in total. The normalized spacial score (nSPS) is 11.3. The van der Waals surface area contributed by atoms with Crippen LogP contribution in [-0.4, -0.2) is 14.6 Å². The van der Waals surface area contributed by atoms with Crippen LogP contribution in [0.4, 0.5) is 4.39 Å². The van der Waals surface area contributed by atoms with Gasteiger partial charge in [-0.25, -0.2) is 8.91 Å². The van der Waals surface area contributed by atoms with E-state index in [1.165, 1.54) is 28.9 Å². The lowest BCUT2D eigenvalue weighted by Crippen LogP contribution is -2.10. The molecule has 0 saturated heterocycles. The predicted octanol–water partition coefficient (Wildman–Crippen LogP) is 1.31. The van der Waals surface area contributed by atoms with Crippen molar-refractivity contribution in [2.24, 2.45) is 0 Å². The summed E-state index contributed by atoms with van der Waals surface area (Å²) in [6, 6.07) is 5.75. The van der Waals surface area contributed by atoms with Crippen molar-refractivity contribution in [2.75, 3.05) is 0 Å². The fraction of sp³-hybridized carbons (Fsp3) is 0. The Hall–Kier alpha value is -2.17. The number of halogens is 1. The lowest BCUT2D eigenvalue weighted by atomic mass is 10.3. The number of aromatic amines is 1. The maximum Gasteiger partial charge on any atom is 0.274 e. The Morgan fingerprint density at radius 2 is 2.13 bits per heavy atom. The first-order valence-corrected chi connectivity index (χ1v) is 4.41. The minimum absolute atomic E-state index is 0.230. The molecule has 15 heavy (non-hydrogen) atoms. The number of rotatable bonds is 0. The van der Waals surface area contributed by atoms with Crippen LogP contribution >= 0.6 is 0 Å². The van der Waals surface area contributed by atoms with Crippen molar-refractivity contribution in [3.8, 4) is 0 Å². The number of hydrogen-bond acceptors (Lipinski definition) is 2. The Bertz CT molecular complexity index is 713. The first-order chi connectivity index (χ1) is 7.25. The van der Waals surface area contributed by atoms with E-state index in [1.54, 1.807) is 6.07 Å². The van der Waals surface area contributed by atoms with Gasteiger partial charge in [-0.15, -0.1) is 0 Å². The first kappa shape index (κ1) is 8.16. The molecule has 2 heterocycles. The van der Waals surface area contributed by atoms with E-state index in [-0.39, 0.29) is 11.4 Å². The van der Waals surface area contributed by atoms with Crippen molar-refractivity contribution in [3.63, 3.8) is 0 Å². The molecule has 3 aromatic rings. The zero-order valence-corrected chi connectivity index (χ0v) is 7.57. The Balaban J connectivity index is 2.67. The maximum absolute atomic E-state index is 13.0. The van der Waals surface area contributed by atoms with Crippen LogP contribution in [0.25, 0.3) is 16.6 Å². The molecule has 0 saturated carbocycles. The van der Waals surface area contributed by atoms with Gasteiger partial charge in [0.25, 0.3) is 5.56 Å². The Kier molecular flexibility index (Phi) is 1.45. The molecule has 0 radical (unpaired) electrons. The van der Waals surface area contributed by atoms with Crippen molar-refractivity contribution in [1.82, 2.24) is 14.6 Å². The van der Waals surface area contributed by atoms with Gasteiger partial charge in [-0.2, -0.15) is 5.10 Å². The molecular formula is C10H6FN3O. The van der Waals surface area contributed by atoms with Crippen LogP contribution in [0.1, 0.15) is 0 Å². The minimum atomic E-state index is -0.355. The summed E-state index contributed by atoms with van der Waals surface area (Å²) >= 11 is 0. The molecule has 1 N–H and O–H groups in total. The molecule has 0 aliphatic carbocycles. The van der Waals surface area contributed by atoms with Gasteiger partial charge in [-0.05, 0) is 18.2 Å². The summed E-state index contributed by atoms with van der Waals surface area (Å²) < 4.78 is 14.5. The average Bonchev–Trinajstić information content (AvgIpc) is 2.69. The highest BCUT2D eigenvalue weighted by molar-refractivity contribution is 5.77. The van der Waals surface area contributed by atoms with Gasteiger partial charge < -0.3 is 4.98 Å². The molecule has 3 rings (SSSR count). The second kappa shape index (κ2) is 2.66. The number of nitrogens with zero attached hydrogens (tertiary/aromatic N) is 2. The van der Waals surface area contributed by atoms with Crippen molar-refractivity contribution < 1.29 is 4.39 Å². The standard InChI is InChI=1S/C10H6FN3O/c11-6-1-2-7-9(5-6)14-8(3-4-12-14)10(15)13-7/h1-5H,(H,13,15). The van der Waals surface area contributed by atoms with Gasteiger partial charge in [0.2, 0.25) is 0 Å². The summed E-state index contributed by atoms with van der Waals surface area (Å²) in [6.45, 7) is 0. The fourth-order valence-corrected chi connectivity index (χ4v) is 1.64. The van der Waals surface area contributed by atoms with Crippen molar-refractivity contribution in [2.45, 2.75) is 0 Å². The molecule has 0 aliphatic heterocycles. The zero-order chi connectivity index (χ0) is 10.4. The summed E-state index contributed by atoms with van der Waals surface area (Å²) in [5, 5.41) is 3.98. The first-order valence-electron chi connectivity index (χ1n) is 4.41. The number of hydrogen-bond donors (Lipinski definition) is 1. The quantitative estimate of drug-likeness (QED) is 0.599. The number of H-pyrrole nitrogens is 1. The second-order valence-corrected chi connectivity index (χ2v) is 3.24. The number of benzene rings is 1. The highest BCUT2D eigenvalue weighted by Crippen LogP contribution is 2.12. The molecule has 74 valence electrons. The summed E-state index contributed by atoms with van der Waals surface area (Å²) in [6.07, 6.45) is 1.51. The van der Waals surface area contributed by atoms with Gasteiger partial charge in [0.15, 0.2) is 0 Å². The van der Waals surface area contributed by atoms with Crippen LogP contribution in [0.2, 0.25) is 0 Å². The predicted molar refractivity (Wildman–Crippen MR) is 53.3 cm³/mol. The van der Waals surface area contributed by atoms with E-state index in [0.717, 1.165) is 0 Å². The lowest BCUT2D eigenvalue weighted by molar-refractivity contribution is 0.628. The van der Waals surface area contributed by atoms with Gasteiger partial charge in [-0.1, -0.05) is 0 Å². The van der Waals surface area contributed by atoms with E-state index in [2.05, 4.69) is 10.1 Å². The number of fused-ring (bicyclic) bond motifs is 3. The Labute approximate surface area is 83.0 Å². The maximum atomic E-state index is 13.0. The smallest absolute Gasteiger partial charge is 0.274 e. The zero-order valence-electron chi connectivity index (χ0n) is 7.57. The second-order valence-electron chi connectivity index (χ2n) is 3.24. The van der Waals surface area contributed by atoms with E-state index in [9.17, 15) is 9.18 Å². The topological polar surface area (TPSA) is 50.2 Å². The lowest BCUT2D eigenvalue weighted by Gasteiger charge is -2.00. The molecule has 0 fully saturated rings. The van der Waals surface area contributed by atoms with Crippen LogP contribution in [0.5, 0.6) is 0 Å². The van der Waals surface area contributed by atoms with Crippen LogP contribution in [0.3, 0.4) is 0 Å². The largest absolute Gasteiger partial charge is 0.319 e. The van der Waals surface area contributed by atoms with Crippen LogP contribution in [0, 0.1) is 5.82 Å². The molecule has 0 amide bonds. The number of aromatic nitrogens is 3. The molecular weight excluding hydrogens is 197 g/mol. The SMILES string of the molecule is O=c1[nH]c2ccc(F)cc2n2nccc12. The molecule has 5 heteroatoms. The third-order valence-corrected chi connectivity index (χ3v) is 2.31. The monoisotopic (exact) mass is 203 g/mol. The molecule has 0 bridgehead atoms. The third kappa shape index (κ3) is 1.06. The molecule has 0 spiro atoms. The van der Waals surface area contributed by atoms with Crippen LogP contribution < -0.4 is 5.56 Å². The Morgan fingerprint density at radius 1 is 1.27 bits per heavy atom. The van der Waals surface area contributed by atoms with Crippen molar-refractivity contribution in [3.05, 3.63) is 46.6 Å². The minimum Gasteiger partial charge on any atom is -0.319 e.